The van der Waals surface area contributed by atoms with Crippen LogP contribution in [-0.4, -0.2) is 18.1 Å². The van der Waals surface area contributed by atoms with Crippen LogP contribution in [0, 0.1) is 0 Å². The van der Waals surface area contributed by atoms with E-state index in [0.717, 1.165) is 29.4 Å². The van der Waals surface area contributed by atoms with Gasteiger partial charge in [0.05, 0.1) is 12.8 Å². The van der Waals surface area contributed by atoms with Gasteiger partial charge >= 0.3 is 0 Å². The van der Waals surface area contributed by atoms with Gasteiger partial charge in [-0.15, -0.1) is 11.3 Å². The van der Waals surface area contributed by atoms with Crippen molar-refractivity contribution in [1.29, 1.82) is 0 Å². The average molecular weight is 272 g/mol. The maximum atomic E-state index is 5.34. The summed E-state index contributed by atoms with van der Waals surface area (Å²) < 4.78 is 5.34. The number of hydrogen-bond donors (Lipinski definition) is 1. The van der Waals surface area contributed by atoms with Crippen molar-refractivity contribution in [3.05, 3.63) is 28.6 Å². The van der Waals surface area contributed by atoms with Crippen molar-refractivity contribution >= 4 is 16.5 Å². The van der Waals surface area contributed by atoms with Gasteiger partial charge in [0.25, 0.3) is 0 Å². The molecule has 0 saturated heterocycles. The molecule has 2 aromatic rings. The third-order valence-electron chi connectivity index (χ3n) is 3.80. The van der Waals surface area contributed by atoms with Gasteiger partial charge in [-0.05, 0) is 43.4 Å². The molecule has 4 rings (SSSR count). The Morgan fingerprint density at radius 2 is 2.21 bits per heavy atom. The summed E-state index contributed by atoms with van der Waals surface area (Å²) in [5.41, 5.74) is 3.80. The normalized spacial score (nSPS) is 16.7. The van der Waals surface area contributed by atoms with Crippen molar-refractivity contribution in [2.75, 3.05) is 12.4 Å². The van der Waals surface area contributed by atoms with Gasteiger partial charge in [0.2, 0.25) is 0 Å². The van der Waals surface area contributed by atoms with E-state index in [1.54, 1.807) is 7.11 Å². The highest BCUT2D eigenvalue weighted by atomic mass is 32.1. The number of benzene rings is 1. The quantitative estimate of drug-likeness (QED) is 0.928. The molecule has 3 nitrogen and oxygen atoms in total. The zero-order valence-corrected chi connectivity index (χ0v) is 11.7. The molecule has 1 N–H and O–H groups in total. The summed E-state index contributed by atoms with van der Waals surface area (Å²) in [6, 6.07) is 7.00. The first-order valence-corrected chi connectivity index (χ1v) is 7.58. The lowest BCUT2D eigenvalue weighted by molar-refractivity contribution is 0.415. The van der Waals surface area contributed by atoms with Crippen LogP contribution >= 0.6 is 11.3 Å². The molecule has 1 fully saturated rings. The Morgan fingerprint density at radius 1 is 1.32 bits per heavy atom. The number of nitrogens with one attached hydrogen (secondary N) is 1. The highest BCUT2D eigenvalue weighted by molar-refractivity contribution is 7.16. The number of aryl methyl sites for hydroxylation is 2. The number of hydrogen-bond acceptors (Lipinski definition) is 4. The van der Waals surface area contributed by atoms with Crippen LogP contribution in [0.1, 0.15) is 23.3 Å². The molecular formula is C15H16N2OS. The second-order valence-corrected chi connectivity index (χ2v) is 6.32. The molecular weight excluding hydrogens is 256 g/mol. The molecule has 0 unspecified atom stereocenters. The van der Waals surface area contributed by atoms with Crippen LogP contribution in [0.3, 0.4) is 0 Å². The Labute approximate surface area is 116 Å². The molecule has 1 heterocycles. The summed E-state index contributed by atoms with van der Waals surface area (Å²) in [6.07, 6.45) is 4.79. The Kier molecular flexibility index (Phi) is 2.52. The minimum absolute atomic E-state index is 0.664. The van der Waals surface area contributed by atoms with E-state index in [1.807, 2.05) is 17.4 Å². The van der Waals surface area contributed by atoms with Gasteiger partial charge in [0.15, 0.2) is 5.13 Å². The number of rotatable bonds is 3. The molecule has 0 radical (unpaired) electrons. The third kappa shape index (κ3) is 2.00. The standard InChI is InChI=1S/C15H16N2OS/c1-18-11-6-2-9-3-7-13-14(12(9)8-11)17-15(19-13)16-10-4-5-10/h2,6,8,10H,3-5,7H2,1H3,(H,16,17). The first-order chi connectivity index (χ1) is 9.33. The Balaban J connectivity index is 1.76. The largest absolute Gasteiger partial charge is 0.497 e. The fourth-order valence-corrected chi connectivity index (χ4v) is 3.62. The van der Waals surface area contributed by atoms with Crippen LogP contribution in [0.2, 0.25) is 0 Å². The minimum atomic E-state index is 0.664. The highest BCUT2D eigenvalue weighted by Gasteiger charge is 2.25. The van der Waals surface area contributed by atoms with E-state index in [1.165, 1.54) is 28.8 Å². The van der Waals surface area contributed by atoms with Crippen LogP contribution in [-0.2, 0) is 12.8 Å². The van der Waals surface area contributed by atoms with Crippen molar-refractivity contribution in [3.8, 4) is 17.0 Å². The molecule has 0 spiro atoms. The lowest BCUT2D eigenvalue weighted by atomic mass is 9.93. The van der Waals surface area contributed by atoms with E-state index < -0.39 is 0 Å². The molecule has 0 amide bonds. The van der Waals surface area contributed by atoms with Crippen molar-refractivity contribution in [1.82, 2.24) is 4.98 Å². The highest BCUT2D eigenvalue weighted by Crippen LogP contribution is 2.40. The number of anilines is 1. The topological polar surface area (TPSA) is 34.1 Å². The van der Waals surface area contributed by atoms with Gasteiger partial charge in [-0.1, -0.05) is 6.07 Å². The van der Waals surface area contributed by atoms with E-state index >= 15 is 0 Å². The Bertz CT molecular complexity index is 631. The van der Waals surface area contributed by atoms with Crippen molar-refractivity contribution in [3.63, 3.8) is 0 Å². The molecule has 19 heavy (non-hydrogen) atoms. The molecule has 0 aliphatic heterocycles. The number of aromatic nitrogens is 1. The first-order valence-electron chi connectivity index (χ1n) is 6.77. The van der Waals surface area contributed by atoms with Crippen molar-refractivity contribution < 1.29 is 4.74 Å². The summed E-state index contributed by atoms with van der Waals surface area (Å²) in [5, 5.41) is 4.59. The zero-order valence-electron chi connectivity index (χ0n) is 10.9. The fourth-order valence-electron chi connectivity index (χ4n) is 2.56. The number of nitrogens with zero attached hydrogens (tertiary/aromatic N) is 1. The summed E-state index contributed by atoms with van der Waals surface area (Å²) >= 11 is 1.82. The molecule has 0 atom stereocenters. The summed E-state index contributed by atoms with van der Waals surface area (Å²) in [5.74, 6) is 0.913. The zero-order chi connectivity index (χ0) is 12.8. The smallest absolute Gasteiger partial charge is 0.183 e. The number of ether oxygens (including phenoxy) is 1. The molecule has 0 bridgehead atoms. The maximum Gasteiger partial charge on any atom is 0.183 e. The van der Waals surface area contributed by atoms with Gasteiger partial charge in [0, 0.05) is 16.5 Å². The lowest BCUT2D eigenvalue weighted by Gasteiger charge is -2.15. The number of fused-ring (bicyclic) bond motifs is 3. The Morgan fingerprint density at radius 3 is 3.00 bits per heavy atom. The first kappa shape index (κ1) is 11.3. The summed E-state index contributed by atoms with van der Waals surface area (Å²) in [4.78, 5) is 6.21. The SMILES string of the molecule is COc1ccc2c(c1)-c1nc(NC3CC3)sc1CC2. The van der Waals surface area contributed by atoms with Gasteiger partial charge in [-0.2, -0.15) is 0 Å². The summed E-state index contributed by atoms with van der Waals surface area (Å²) in [6.45, 7) is 0. The number of methoxy groups -OCH3 is 1. The molecule has 1 aromatic heterocycles. The second-order valence-electron chi connectivity index (χ2n) is 5.23. The van der Waals surface area contributed by atoms with Gasteiger partial charge in [-0.3, -0.25) is 0 Å². The molecule has 4 heteroatoms. The van der Waals surface area contributed by atoms with Gasteiger partial charge in [0.1, 0.15) is 5.75 Å². The third-order valence-corrected chi connectivity index (χ3v) is 4.84. The van der Waals surface area contributed by atoms with E-state index in [4.69, 9.17) is 9.72 Å². The fraction of sp³-hybridized carbons (Fsp3) is 0.400. The van der Waals surface area contributed by atoms with Crippen molar-refractivity contribution in [2.24, 2.45) is 0 Å². The van der Waals surface area contributed by atoms with Crippen LogP contribution in [0.5, 0.6) is 5.75 Å². The van der Waals surface area contributed by atoms with Crippen LogP contribution in [0.15, 0.2) is 18.2 Å². The van der Waals surface area contributed by atoms with Gasteiger partial charge in [-0.25, -0.2) is 4.98 Å². The van der Waals surface area contributed by atoms with E-state index in [0.29, 0.717) is 6.04 Å². The molecule has 1 aromatic carbocycles. The molecule has 1 saturated carbocycles. The predicted octanol–water partition coefficient (Wildman–Crippen LogP) is 3.49. The van der Waals surface area contributed by atoms with E-state index in [2.05, 4.69) is 17.4 Å². The predicted molar refractivity (Wildman–Crippen MR) is 78.2 cm³/mol. The van der Waals surface area contributed by atoms with Crippen LogP contribution in [0.4, 0.5) is 5.13 Å². The average Bonchev–Trinajstić information content (AvgIpc) is 3.15. The summed E-state index contributed by atoms with van der Waals surface area (Å²) in [7, 11) is 1.71. The van der Waals surface area contributed by atoms with E-state index in [9.17, 15) is 0 Å². The monoisotopic (exact) mass is 272 g/mol. The van der Waals surface area contributed by atoms with Crippen molar-refractivity contribution in [2.45, 2.75) is 31.7 Å². The van der Waals surface area contributed by atoms with E-state index in [-0.39, 0.29) is 0 Å². The maximum absolute atomic E-state index is 5.34. The van der Waals surface area contributed by atoms with Crippen LogP contribution in [0.25, 0.3) is 11.3 Å². The molecule has 98 valence electrons. The van der Waals surface area contributed by atoms with Crippen LogP contribution < -0.4 is 10.1 Å². The minimum Gasteiger partial charge on any atom is -0.497 e. The molecule has 2 aliphatic rings. The molecule has 2 aliphatic carbocycles. The van der Waals surface area contributed by atoms with Gasteiger partial charge < -0.3 is 10.1 Å². The Hall–Kier alpha value is -1.55. The lowest BCUT2D eigenvalue weighted by Crippen LogP contribution is -2.02. The second kappa shape index (κ2) is 4.23. The number of thiazole rings is 1.